The van der Waals surface area contributed by atoms with E-state index in [9.17, 15) is 5.48 Å². The second-order valence-corrected chi connectivity index (χ2v) is 16.5. The first-order valence-corrected chi connectivity index (χ1v) is 21.9. The summed E-state index contributed by atoms with van der Waals surface area (Å²) in [6, 6.07) is 73.6. The van der Waals surface area contributed by atoms with Crippen molar-refractivity contribution in [2.24, 2.45) is 0 Å². The summed E-state index contributed by atoms with van der Waals surface area (Å²) in [7, 11) is 0. The summed E-state index contributed by atoms with van der Waals surface area (Å²) in [5.41, 5.74) is 11.2. The number of aromatic nitrogens is 1. The van der Waals surface area contributed by atoms with Crippen molar-refractivity contribution in [1.82, 2.24) is 4.57 Å². The lowest BCUT2D eigenvalue weighted by Crippen LogP contribution is -2.10. The van der Waals surface area contributed by atoms with Crippen LogP contribution in [0.1, 0.15) is 5.48 Å². The molecule has 3 nitrogen and oxygen atoms in total. The Morgan fingerprint density at radius 3 is 1.97 bits per heavy atom. The molecule has 13 rings (SSSR count). The van der Waals surface area contributed by atoms with Gasteiger partial charge in [-0.1, -0.05) is 170 Å². The molecule has 13 aromatic rings. The van der Waals surface area contributed by atoms with Gasteiger partial charge in [0.2, 0.25) is 0 Å². The smallest absolute Gasteiger partial charge is 0.143 e. The van der Waals surface area contributed by atoms with Crippen LogP contribution in [-0.2, 0) is 0 Å². The van der Waals surface area contributed by atoms with Crippen molar-refractivity contribution < 1.29 is 9.90 Å². The van der Waals surface area contributed by atoms with Gasteiger partial charge in [0.25, 0.3) is 0 Å². The second kappa shape index (κ2) is 15.0. The van der Waals surface area contributed by atoms with Gasteiger partial charge in [0.05, 0.1) is 27.6 Å². The molecule has 2 heterocycles. The minimum Gasteiger partial charge on any atom is -0.455 e. The molecule has 0 aliphatic heterocycles. The van der Waals surface area contributed by atoms with E-state index >= 15 is 0 Å². The van der Waals surface area contributed by atoms with Gasteiger partial charge in [0, 0.05) is 38.6 Å². The van der Waals surface area contributed by atoms with Gasteiger partial charge >= 0.3 is 0 Å². The maximum atomic E-state index is 10.3. The number of benzene rings is 11. The first kappa shape index (κ1) is 33.0. The fourth-order valence-corrected chi connectivity index (χ4v) is 9.92. The van der Waals surface area contributed by atoms with Crippen molar-refractivity contribution in [2.75, 3.05) is 4.90 Å². The SMILES string of the molecule is [2H]c1c([2H])c(-c2cccc3c2c2ccccc2n3-c2ccccc2)c([2H])c(N(c2ccc(-c3cccc(-c4cccc5ccccc45)c3)cc2)c2cccc3oc4c5ccccc5ccc4c23)c1[2H]. The molecule has 0 N–H and O–H groups in total. The van der Waals surface area contributed by atoms with Gasteiger partial charge in [-0.2, -0.15) is 0 Å². The van der Waals surface area contributed by atoms with Crippen LogP contribution in [0.15, 0.2) is 247 Å². The molecule has 0 saturated carbocycles. The minimum atomic E-state index is -0.262. The summed E-state index contributed by atoms with van der Waals surface area (Å²) in [4.78, 5) is 1.93. The zero-order valence-electron chi connectivity index (χ0n) is 39.1. The minimum absolute atomic E-state index is 0.0211. The van der Waals surface area contributed by atoms with E-state index in [1.54, 1.807) is 0 Å². The lowest BCUT2D eigenvalue weighted by atomic mass is 9.95. The topological polar surface area (TPSA) is 21.3 Å². The number of nitrogens with zero attached hydrogens (tertiary/aromatic N) is 2. The summed E-state index contributed by atoms with van der Waals surface area (Å²) in [5, 5.41) is 7.98. The predicted octanol–water partition coefficient (Wildman–Crippen LogP) is 17.5. The highest BCUT2D eigenvalue weighted by Crippen LogP contribution is 2.46. The number of rotatable bonds is 7. The van der Waals surface area contributed by atoms with Crippen molar-refractivity contribution in [3.8, 4) is 39.1 Å². The molecule has 0 saturated heterocycles. The monoisotopic (exact) mass is 832 g/mol. The van der Waals surface area contributed by atoms with Crippen molar-refractivity contribution in [1.29, 1.82) is 0 Å². The standard InChI is InChI=1S/C62H40N2O/c1-2-21-47(22-3-1)64-56-29-9-8-26-54(56)60-52(28-13-30-57(60)64)46-20-11-23-49(40-46)63(58-31-14-32-59-61(58)55-38-35-43-16-5-7-25-53(43)62(55)65-59)48-36-33-41(34-37-48)44-18-10-19-45(39-44)51-27-12-17-42-15-4-6-24-50(42)51/h1-40H/i11D,20D,23D,40D. The Bertz CT molecular complexity index is 4190. The highest BCUT2D eigenvalue weighted by atomic mass is 16.3. The molecule has 0 aliphatic carbocycles. The van der Waals surface area contributed by atoms with Crippen molar-refractivity contribution in [3.05, 3.63) is 243 Å². The molecule has 3 heteroatoms. The third kappa shape index (κ3) is 6.05. The number of hydrogen-bond acceptors (Lipinski definition) is 2. The fraction of sp³-hybridized carbons (Fsp3) is 0. The van der Waals surface area contributed by atoms with Crippen molar-refractivity contribution >= 4 is 82.4 Å². The highest BCUT2D eigenvalue weighted by Gasteiger charge is 2.22. The highest BCUT2D eigenvalue weighted by molar-refractivity contribution is 6.20. The first-order chi connectivity index (χ1) is 33.9. The van der Waals surface area contributed by atoms with E-state index in [4.69, 9.17) is 4.42 Å². The van der Waals surface area contributed by atoms with Gasteiger partial charge in [-0.25, -0.2) is 0 Å². The molecular weight excluding hydrogens is 789 g/mol. The largest absolute Gasteiger partial charge is 0.455 e. The van der Waals surface area contributed by atoms with Gasteiger partial charge in [-0.3, -0.25) is 0 Å². The third-order valence-corrected chi connectivity index (χ3v) is 12.8. The van der Waals surface area contributed by atoms with Gasteiger partial charge in [0.1, 0.15) is 11.2 Å². The van der Waals surface area contributed by atoms with Crippen LogP contribution in [0.3, 0.4) is 0 Å². The van der Waals surface area contributed by atoms with Crippen LogP contribution in [0.2, 0.25) is 0 Å². The second-order valence-electron chi connectivity index (χ2n) is 16.5. The van der Waals surface area contributed by atoms with Crippen LogP contribution in [0, 0.1) is 0 Å². The van der Waals surface area contributed by atoms with E-state index in [0.29, 0.717) is 22.5 Å². The van der Waals surface area contributed by atoms with Crippen LogP contribution < -0.4 is 4.90 Å². The Morgan fingerprint density at radius 2 is 1.09 bits per heavy atom. The normalized spacial score (nSPS) is 12.6. The van der Waals surface area contributed by atoms with E-state index in [1.165, 1.54) is 10.8 Å². The Morgan fingerprint density at radius 1 is 0.415 bits per heavy atom. The van der Waals surface area contributed by atoms with Crippen LogP contribution in [0.4, 0.5) is 17.1 Å². The number of anilines is 3. The number of hydrogen-bond donors (Lipinski definition) is 0. The maximum Gasteiger partial charge on any atom is 0.143 e. The van der Waals surface area contributed by atoms with E-state index < -0.39 is 0 Å². The zero-order valence-corrected chi connectivity index (χ0v) is 35.1. The third-order valence-electron chi connectivity index (χ3n) is 12.8. The molecule has 2 aromatic heterocycles. The molecule has 304 valence electrons. The number of fused-ring (bicyclic) bond motifs is 9. The van der Waals surface area contributed by atoms with E-state index in [0.717, 1.165) is 76.9 Å². The molecular formula is C62H40N2O. The molecule has 11 aromatic carbocycles. The lowest BCUT2D eigenvalue weighted by Gasteiger charge is -2.27. The van der Waals surface area contributed by atoms with Gasteiger partial charge in [-0.15, -0.1) is 0 Å². The number of para-hydroxylation sites is 2. The maximum absolute atomic E-state index is 10.3. The first-order valence-electron chi connectivity index (χ1n) is 23.9. The predicted molar refractivity (Wildman–Crippen MR) is 274 cm³/mol. The molecule has 0 bridgehead atoms. The van der Waals surface area contributed by atoms with Crippen LogP contribution in [0.25, 0.3) is 104 Å². The fourth-order valence-electron chi connectivity index (χ4n) is 9.92. The zero-order chi connectivity index (χ0) is 46.3. The molecule has 0 amide bonds. The summed E-state index contributed by atoms with van der Waals surface area (Å²) in [6.07, 6.45) is 0. The van der Waals surface area contributed by atoms with E-state index in [1.807, 2.05) is 89.8 Å². The van der Waals surface area contributed by atoms with Gasteiger partial charge < -0.3 is 13.9 Å². The Balaban J connectivity index is 1.05. The average Bonchev–Trinajstić information content (AvgIpc) is 3.97. The number of furan rings is 1. The van der Waals surface area contributed by atoms with E-state index in [-0.39, 0.29) is 35.4 Å². The van der Waals surface area contributed by atoms with Crippen molar-refractivity contribution in [3.63, 3.8) is 0 Å². The Kier molecular flexibility index (Phi) is 7.61. The summed E-state index contributed by atoms with van der Waals surface area (Å²) < 4.78 is 48.1. The van der Waals surface area contributed by atoms with Crippen LogP contribution in [0.5, 0.6) is 0 Å². The van der Waals surface area contributed by atoms with Crippen molar-refractivity contribution in [2.45, 2.75) is 0 Å². The van der Waals surface area contributed by atoms with E-state index in [2.05, 4.69) is 138 Å². The molecule has 65 heavy (non-hydrogen) atoms. The Hall–Kier alpha value is -8.66. The summed E-state index contributed by atoms with van der Waals surface area (Å²) in [6.45, 7) is 0. The van der Waals surface area contributed by atoms with Gasteiger partial charge in [0.15, 0.2) is 0 Å². The molecule has 0 unspecified atom stereocenters. The van der Waals surface area contributed by atoms with Crippen LogP contribution in [-0.4, -0.2) is 4.57 Å². The molecule has 0 radical (unpaired) electrons. The quantitative estimate of drug-likeness (QED) is 0.160. The summed E-state index contributed by atoms with van der Waals surface area (Å²) in [5.74, 6) is 0. The van der Waals surface area contributed by atoms with Gasteiger partial charge in [-0.05, 0) is 122 Å². The molecule has 0 fully saturated rings. The lowest BCUT2D eigenvalue weighted by molar-refractivity contribution is 0.672. The molecule has 0 spiro atoms. The molecule has 0 aliphatic rings. The Labute approximate surface area is 381 Å². The summed E-state index contributed by atoms with van der Waals surface area (Å²) >= 11 is 0. The molecule has 0 atom stereocenters. The van der Waals surface area contributed by atoms with Crippen LogP contribution >= 0.6 is 0 Å². The average molecular weight is 833 g/mol.